The SMILES string of the molecule is O=Cc1ccnc(-c2ccccn2)c1C=O. The Bertz CT molecular complexity index is 524. The van der Waals surface area contributed by atoms with E-state index >= 15 is 0 Å². The van der Waals surface area contributed by atoms with E-state index in [1.54, 1.807) is 24.4 Å². The number of hydrogen-bond donors (Lipinski definition) is 0. The van der Waals surface area contributed by atoms with Crippen LogP contribution in [0, 0.1) is 0 Å². The summed E-state index contributed by atoms with van der Waals surface area (Å²) >= 11 is 0. The van der Waals surface area contributed by atoms with Crippen LogP contribution in [0.5, 0.6) is 0 Å². The van der Waals surface area contributed by atoms with Crippen molar-refractivity contribution in [3.63, 3.8) is 0 Å². The molecular formula is C12H8N2O2. The van der Waals surface area contributed by atoms with Gasteiger partial charge in [0.1, 0.15) is 0 Å². The summed E-state index contributed by atoms with van der Waals surface area (Å²) < 4.78 is 0. The summed E-state index contributed by atoms with van der Waals surface area (Å²) in [4.78, 5) is 29.9. The first-order valence-corrected chi connectivity index (χ1v) is 4.67. The first-order chi connectivity index (χ1) is 7.86. The van der Waals surface area contributed by atoms with Crippen LogP contribution in [0.15, 0.2) is 36.7 Å². The molecular weight excluding hydrogens is 204 g/mol. The molecule has 4 heteroatoms. The number of carbonyl (C=O) groups excluding carboxylic acids is 2. The second-order valence-electron chi connectivity index (χ2n) is 3.11. The first kappa shape index (κ1) is 10.2. The molecule has 2 rings (SSSR count). The van der Waals surface area contributed by atoms with Crippen LogP contribution in [-0.2, 0) is 0 Å². The van der Waals surface area contributed by atoms with Crippen LogP contribution in [0.2, 0.25) is 0 Å². The van der Waals surface area contributed by atoms with E-state index in [0.717, 1.165) is 0 Å². The van der Waals surface area contributed by atoms with Crippen molar-refractivity contribution in [3.05, 3.63) is 47.8 Å². The zero-order chi connectivity index (χ0) is 11.4. The van der Waals surface area contributed by atoms with Gasteiger partial charge in [-0.2, -0.15) is 0 Å². The van der Waals surface area contributed by atoms with Gasteiger partial charge in [-0.15, -0.1) is 0 Å². The van der Waals surface area contributed by atoms with Gasteiger partial charge in [0.15, 0.2) is 12.6 Å². The van der Waals surface area contributed by atoms with Crippen LogP contribution in [0.1, 0.15) is 20.7 Å². The fourth-order valence-electron chi connectivity index (χ4n) is 1.42. The number of hydrogen-bond acceptors (Lipinski definition) is 4. The van der Waals surface area contributed by atoms with Crippen molar-refractivity contribution in [2.24, 2.45) is 0 Å². The molecule has 0 saturated carbocycles. The lowest BCUT2D eigenvalue weighted by Crippen LogP contribution is -1.98. The minimum atomic E-state index is 0.274. The molecule has 0 aliphatic rings. The van der Waals surface area contributed by atoms with Gasteiger partial charge >= 0.3 is 0 Å². The molecule has 0 unspecified atom stereocenters. The second-order valence-corrected chi connectivity index (χ2v) is 3.11. The summed E-state index contributed by atoms with van der Waals surface area (Å²) in [5.74, 6) is 0. The summed E-state index contributed by atoms with van der Waals surface area (Å²) in [7, 11) is 0. The Balaban J connectivity index is 2.66. The maximum Gasteiger partial charge on any atom is 0.153 e. The normalized spacial score (nSPS) is 9.75. The lowest BCUT2D eigenvalue weighted by molar-refractivity contribution is 0.109. The van der Waals surface area contributed by atoms with Crippen LogP contribution in [0.25, 0.3) is 11.4 Å². The highest BCUT2D eigenvalue weighted by Gasteiger charge is 2.10. The summed E-state index contributed by atoms with van der Waals surface area (Å²) in [5, 5.41) is 0. The summed E-state index contributed by atoms with van der Waals surface area (Å²) in [5.41, 5.74) is 1.61. The third kappa shape index (κ3) is 1.72. The highest BCUT2D eigenvalue weighted by atomic mass is 16.1. The minimum Gasteiger partial charge on any atom is -0.298 e. The van der Waals surface area contributed by atoms with E-state index in [1.165, 1.54) is 12.3 Å². The zero-order valence-corrected chi connectivity index (χ0v) is 8.33. The minimum absolute atomic E-state index is 0.274. The Morgan fingerprint density at radius 2 is 1.81 bits per heavy atom. The molecule has 0 fully saturated rings. The first-order valence-electron chi connectivity index (χ1n) is 4.67. The van der Waals surface area contributed by atoms with Crippen LogP contribution < -0.4 is 0 Å². The fourth-order valence-corrected chi connectivity index (χ4v) is 1.42. The number of carbonyl (C=O) groups is 2. The van der Waals surface area contributed by atoms with E-state index in [4.69, 9.17) is 0 Å². The molecule has 2 heterocycles. The van der Waals surface area contributed by atoms with Crippen LogP contribution in [0.3, 0.4) is 0 Å². The molecule has 0 radical (unpaired) electrons. The molecule has 0 aliphatic carbocycles. The Labute approximate surface area is 92.0 Å². The van der Waals surface area contributed by atoms with Gasteiger partial charge in [-0.3, -0.25) is 19.6 Å². The van der Waals surface area contributed by atoms with Crippen molar-refractivity contribution in [2.75, 3.05) is 0 Å². The van der Waals surface area contributed by atoms with Gasteiger partial charge < -0.3 is 0 Å². The number of aromatic nitrogens is 2. The Morgan fingerprint density at radius 1 is 0.938 bits per heavy atom. The highest BCUT2D eigenvalue weighted by Crippen LogP contribution is 2.19. The highest BCUT2D eigenvalue weighted by molar-refractivity contribution is 5.95. The van der Waals surface area contributed by atoms with Crippen LogP contribution >= 0.6 is 0 Å². The molecule has 0 aromatic carbocycles. The largest absolute Gasteiger partial charge is 0.298 e. The molecule has 0 spiro atoms. The molecule has 0 N–H and O–H groups in total. The molecule has 2 aromatic heterocycles. The molecule has 0 atom stereocenters. The van der Waals surface area contributed by atoms with Gasteiger partial charge in [0.2, 0.25) is 0 Å². The van der Waals surface area contributed by atoms with Crippen molar-refractivity contribution >= 4 is 12.6 Å². The second kappa shape index (κ2) is 4.44. The monoisotopic (exact) mass is 212 g/mol. The van der Waals surface area contributed by atoms with Crippen molar-refractivity contribution in [1.29, 1.82) is 0 Å². The molecule has 78 valence electrons. The zero-order valence-electron chi connectivity index (χ0n) is 8.33. The summed E-state index contributed by atoms with van der Waals surface area (Å²) in [6, 6.07) is 6.81. The predicted octanol–water partition coefficient (Wildman–Crippen LogP) is 1.77. The van der Waals surface area contributed by atoms with Gasteiger partial charge in [-0.05, 0) is 18.2 Å². The standard InChI is InChI=1S/C12H8N2O2/c15-7-9-4-6-14-12(10(9)8-16)11-3-1-2-5-13-11/h1-8H. The van der Waals surface area contributed by atoms with Gasteiger partial charge in [0, 0.05) is 18.0 Å². The van der Waals surface area contributed by atoms with E-state index in [2.05, 4.69) is 9.97 Å². The van der Waals surface area contributed by atoms with Gasteiger partial charge in [-0.1, -0.05) is 6.07 Å². The van der Waals surface area contributed by atoms with E-state index in [0.29, 0.717) is 29.5 Å². The quantitative estimate of drug-likeness (QED) is 0.727. The third-order valence-electron chi connectivity index (χ3n) is 2.18. The molecule has 2 aromatic rings. The molecule has 16 heavy (non-hydrogen) atoms. The smallest absolute Gasteiger partial charge is 0.153 e. The number of rotatable bonds is 3. The van der Waals surface area contributed by atoms with Gasteiger partial charge in [0.25, 0.3) is 0 Å². The van der Waals surface area contributed by atoms with Gasteiger partial charge in [-0.25, -0.2) is 0 Å². The number of pyridine rings is 2. The Morgan fingerprint density at radius 3 is 2.44 bits per heavy atom. The topological polar surface area (TPSA) is 59.9 Å². The lowest BCUT2D eigenvalue weighted by Gasteiger charge is -2.04. The van der Waals surface area contributed by atoms with E-state index in [1.807, 2.05) is 0 Å². The van der Waals surface area contributed by atoms with Crippen LogP contribution in [-0.4, -0.2) is 22.5 Å². The van der Waals surface area contributed by atoms with E-state index in [-0.39, 0.29) is 5.56 Å². The average Bonchev–Trinajstić information content (AvgIpc) is 2.38. The summed E-state index contributed by atoms with van der Waals surface area (Å²) in [6.45, 7) is 0. The van der Waals surface area contributed by atoms with Crippen LogP contribution in [0.4, 0.5) is 0 Å². The van der Waals surface area contributed by atoms with Crippen molar-refractivity contribution < 1.29 is 9.59 Å². The van der Waals surface area contributed by atoms with Crippen molar-refractivity contribution in [3.8, 4) is 11.4 Å². The van der Waals surface area contributed by atoms with Crippen molar-refractivity contribution in [2.45, 2.75) is 0 Å². The fraction of sp³-hybridized carbons (Fsp3) is 0. The third-order valence-corrected chi connectivity index (χ3v) is 2.18. The van der Waals surface area contributed by atoms with E-state index in [9.17, 15) is 9.59 Å². The summed E-state index contributed by atoms with van der Waals surface area (Å²) in [6.07, 6.45) is 4.36. The molecule has 4 nitrogen and oxygen atoms in total. The molecule has 0 bridgehead atoms. The number of aldehydes is 2. The Hall–Kier alpha value is -2.36. The predicted molar refractivity (Wildman–Crippen MR) is 58.2 cm³/mol. The Kier molecular flexibility index (Phi) is 2.82. The molecule has 0 amide bonds. The van der Waals surface area contributed by atoms with Crippen molar-refractivity contribution in [1.82, 2.24) is 9.97 Å². The number of nitrogens with zero attached hydrogens (tertiary/aromatic N) is 2. The van der Waals surface area contributed by atoms with Gasteiger partial charge in [0.05, 0.1) is 17.0 Å². The maximum absolute atomic E-state index is 11.0. The molecule has 0 saturated heterocycles. The average molecular weight is 212 g/mol. The lowest BCUT2D eigenvalue weighted by atomic mass is 10.1. The molecule has 0 aliphatic heterocycles. The van der Waals surface area contributed by atoms with E-state index < -0.39 is 0 Å². The maximum atomic E-state index is 11.0.